The van der Waals surface area contributed by atoms with E-state index >= 15 is 0 Å². The fraction of sp³-hybridized carbons (Fsp3) is 0.645. The third-order valence-corrected chi connectivity index (χ3v) is 10.2. The maximum Gasteiger partial charge on any atom is 0.246 e. The largest absolute Gasteiger partial charge is 0.497 e. The van der Waals surface area contributed by atoms with Gasteiger partial charge in [0.2, 0.25) is 17.7 Å². The Kier molecular flexibility index (Phi) is 6.94. The summed E-state index contributed by atoms with van der Waals surface area (Å²) in [5.41, 5.74) is -0.486. The van der Waals surface area contributed by atoms with Crippen molar-refractivity contribution in [3.05, 3.63) is 36.4 Å². The Hall–Kier alpha value is -2.87. The van der Waals surface area contributed by atoms with Gasteiger partial charge in [0.15, 0.2) is 0 Å². The SMILES string of the molecule is COc1ccc(NC(=O)[C@H]2[C@H]3C=C[C@@]4(O3)[C@H]2C(=O)N(C2CCCCC2)[C@@H]4C(=O)N[C@@H]2CCC[C@H](C)[C@@H]2C)cc1. The van der Waals surface area contributed by atoms with Crippen molar-refractivity contribution in [1.82, 2.24) is 10.2 Å². The van der Waals surface area contributed by atoms with Crippen molar-refractivity contribution >= 4 is 23.4 Å². The molecule has 2 saturated carbocycles. The number of rotatable bonds is 6. The molecule has 1 aromatic carbocycles. The van der Waals surface area contributed by atoms with Gasteiger partial charge >= 0.3 is 0 Å². The maximum atomic E-state index is 14.3. The monoisotopic (exact) mass is 535 g/mol. The number of fused-ring (bicyclic) bond motifs is 1. The van der Waals surface area contributed by atoms with E-state index in [1.807, 2.05) is 17.1 Å². The number of nitrogens with one attached hydrogen (secondary N) is 2. The Balaban J connectivity index is 1.30. The first-order valence-electron chi connectivity index (χ1n) is 14.8. The zero-order valence-electron chi connectivity index (χ0n) is 23.2. The zero-order chi connectivity index (χ0) is 27.3. The number of nitrogens with zero attached hydrogens (tertiary/aromatic N) is 1. The number of ether oxygens (including phenoxy) is 2. The number of amides is 3. The van der Waals surface area contributed by atoms with Crippen molar-refractivity contribution in [3.8, 4) is 5.75 Å². The van der Waals surface area contributed by atoms with E-state index in [1.165, 1.54) is 6.42 Å². The second-order valence-electron chi connectivity index (χ2n) is 12.3. The Morgan fingerprint density at radius 2 is 1.74 bits per heavy atom. The lowest BCUT2D eigenvalue weighted by Crippen LogP contribution is -2.59. The second kappa shape index (κ2) is 10.3. The van der Waals surface area contributed by atoms with Crippen molar-refractivity contribution in [2.45, 2.75) is 95.0 Å². The number of anilines is 1. The third-order valence-electron chi connectivity index (χ3n) is 10.2. The first kappa shape index (κ1) is 26.4. The van der Waals surface area contributed by atoms with Crippen LogP contribution in [-0.4, -0.2) is 59.6 Å². The molecule has 1 aromatic rings. The molecule has 6 rings (SSSR count). The Bertz CT molecular complexity index is 1150. The Morgan fingerprint density at radius 1 is 1.00 bits per heavy atom. The number of carbonyl (C=O) groups excluding carboxylic acids is 3. The molecule has 0 radical (unpaired) electrons. The molecule has 210 valence electrons. The van der Waals surface area contributed by atoms with Gasteiger partial charge in [-0.25, -0.2) is 0 Å². The highest BCUT2D eigenvalue weighted by Gasteiger charge is 2.73. The van der Waals surface area contributed by atoms with Gasteiger partial charge in [0.05, 0.1) is 25.0 Å². The highest BCUT2D eigenvalue weighted by atomic mass is 16.5. The van der Waals surface area contributed by atoms with E-state index in [2.05, 4.69) is 24.5 Å². The number of likely N-dealkylation sites (tertiary alicyclic amines) is 1. The topological polar surface area (TPSA) is 97.0 Å². The lowest BCUT2D eigenvalue weighted by molar-refractivity contribution is -0.145. The normalized spacial score (nSPS) is 37.6. The number of methoxy groups -OCH3 is 1. The zero-order valence-corrected chi connectivity index (χ0v) is 23.2. The van der Waals surface area contributed by atoms with Crippen LogP contribution in [0.3, 0.4) is 0 Å². The molecule has 2 N–H and O–H groups in total. The van der Waals surface area contributed by atoms with Crippen LogP contribution >= 0.6 is 0 Å². The number of hydrogen-bond donors (Lipinski definition) is 2. The van der Waals surface area contributed by atoms with Crippen LogP contribution in [0.2, 0.25) is 0 Å². The van der Waals surface area contributed by atoms with Crippen molar-refractivity contribution < 1.29 is 23.9 Å². The number of benzene rings is 1. The molecule has 5 aliphatic rings. The summed E-state index contributed by atoms with van der Waals surface area (Å²) < 4.78 is 11.8. The van der Waals surface area contributed by atoms with E-state index in [4.69, 9.17) is 9.47 Å². The van der Waals surface area contributed by atoms with Crippen molar-refractivity contribution in [3.63, 3.8) is 0 Å². The number of hydrogen-bond acceptors (Lipinski definition) is 5. The molecule has 0 aromatic heterocycles. The van der Waals surface area contributed by atoms with Crippen LogP contribution in [-0.2, 0) is 19.1 Å². The molecule has 0 unspecified atom stereocenters. The van der Waals surface area contributed by atoms with Crippen molar-refractivity contribution in [2.75, 3.05) is 12.4 Å². The summed E-state index contributed by atoms with van der Waals surface area (Å²) in [4.78, 5) is 44.0. The molecule has 8 nitrogen and oxygen atoms in total. The molecular weight excluding hydrogens is 494 g/mol. The first-order chi connectivity index (χ1) is 18.8. The summed E-state index contributed by atoms with van der Waals surface area (Å²) in [7, 11) is 1.60. The molecule has 3 aliphatic heterocycles. The molecule has 39 heavy (non-hydrogen) atoms. The van der Waals surface area contributed by atoms with Crippen molar-refractivity contribution in [2.24, 2.45) is 23.7 Å². The summed E-state index contributed by atoms with van der Waals surface area (Å²) in [5.74, 6) is -0.308. The molecule has 3 amide bonds. The third kappa shape index (κ3) is 4.35. The van der Waals surface area contributed by atoms with Gasteiger partial charge in [-0.05, 0) is 55.4 Å². The van der Waals surface area contributed by atoms with E-state index in [-0.39, 0.29) is 29.8 Å². The molecular formula is C31H41N3O5. The van der Waals surface area contributed by atoms with Gasteiger partial charge < -0.3 is 25.0 Å². The molecule has 3 heterocycles. The summed E-state index contributed by atoms with van der Waals surface area (Å²) in [6.45, 7) is 4.47. The lowest BCUT2D eigenvalue weighted by Gasteiger charge is -2.40. The molecule has 1 spiro atoms. The van der Waals surface area contributed by atoms with Gasteiger partial charge in [-0.2, -0.15) is 0 Å². The van der Waals surface area contributed by atoms with Gasteiger partial charge in [0.1, 0.15) is 17.4 Å². The molecule has 2 saturated heterocycles. The van der Waals surface area contributed by atoms with Gasteiger partial charge in [-0.15, -0.1) is 0 Å². The summed E-state index contributed by atoms with van der Waals surface area (Å²) >= 11 is 0. The highest BCUT2D eigenvalue weighted by molar-refractivity contribution is 6.03. The molecule has 8 atom stereocenters. The van der Waals surface area contributed by atoms with Crippen LogP contribution in [0.1, 0.15) is 65.2 Å². The molecule has 8 heteroatoms. The predicted molar refractivity (Wildman–Crippen MR) is 147 cm³/mol. The van der Waals surface area contributed by atoms with Crippen LogP contribution in [0.25, 0.3) is 0 Å². The van der Waals surface area contributed by atoms with Crippen LogP contribution in [0.4, 0.5) is 5.69 Å². The number of carbonyl (C=O) groups is 3. The fourth-order valence-electron chi connectivity index (χ4n) is 7.91. The fourth-order valence-corrected chi connectivity index (χ4v) is 7.91. The average molecular weight is 536 g/mol. The first-order valence-corrected chi connectivity index (χ1v) is 14.8. The Labute approximate surface area is 230 Å². The minimum Gasteiger partial charge on any atom is -0.497 e. The second-order valence-corrected chi connectivity index (χ2v) is 12.3. The lowest BCUT2D eigenvalue weighted by atomic mass is 9.73. The van der Waals surface area contributed by atoms with Gasteiger partial charge in [-0.3, -0.25) is 14.4 Å². The maximum absolute atomic E-state index is 14.3. The Morgan fingerprint density at radius 3 is 2.46 bits per heavy atom. The molecule has 4 fully saturated rings. The minimum absolute atomic E-state index is 0.00831. The van der Waals surface area contributed by atoms with Crippen LogP contribution in [0.5, 0.6) is 5.75 Å². The van der Waals surface area contributed by atoms with Gasteiger partial charge in [0.25, 0.3) is 0 Å². The van der Waals surface area contributed by atoms with E-state index in [0.717, 1.165) is 44.9 Å². The average Bonchev–Trinajstić information content (AvgIpc) is 3.59. The summed E-state index contributed by atoms with van der Waals surface area (Å²) in [6, 6.07) is 6.44. The van der Waals surface area contributed by atoms with Gasteiger partial charge in [-0.1, -0.05) is 58.1 Å². The van der Waals surface area contributed by atoms with Crippen LogP contribution < -0.4 is 15.4 Å². The highest BCUT2D eigenvalue weighted by Crippen LogP contribution is 2.56. The summed E-state index contributed by atoms with van der Waals surface area (Å²) in [5, 5.41) is 6.34. The van der Waals surface area contributed by atoms with E-state index < -0.39 is 29.6 Å². The minimum atomic E-state index is -1.12. The smallest absolute Gasteiger partial charge is 0.246 e. The molecule has 2 aliphatic carbocycles. The predicted octanol–water partition coefficient (Wildman–Crippen LogP) is 4.06. The molecule has 2 bridgehead atoms. The van der Waals surface area contributed by atoms with E-state index in [1.54, 1.807) is 31.4 Å². The standard InChI is InChI=1S/C31H41N3O5/c1-18-8-7-11-23(19(18)2)33-29(36)27-31-17-16-24(39-31)25(28(35)32-20-12-14-22(38-3)15-13-20)26(31)30(37)34(27)21-9-5-4-6-10-21/h12-19,21,23-27H,4-11H2,1-3H3,(H,32,35)(H,33,36)/t18-,19-,23+,24+,25-,26+,27+,31+/m0/s1. The summed E-state index contributed by atoms with van der Waals surface area (Å²) in [6.07, 6.45) is 11.5. The van der Waals surface area contributed by atoms with Crippen LogP contribution in [0.15, 0.2) is 36.4 Å². The van der Waals surface area contributed by atoms with E-state index in [9.17, 15) is 14.4 Å². The quantitative estimate of drug-likeness (QED) is 0.536. The van der Waals surface area contributed by atoms with Gasteiger partial charge in [0, 0.05) is 17.8 Å². The van der Waals surface area contributed by atoms with Crippen LogP contribution in [0, 0.1) is 23.7 Å². The van der Waals surface area contributed by atoms with Crippen molar-refractivity contribution in [1.29, 1.82) is 0 Å². The van der Waals surface area contributed by atoms with E-state index in [0.29, 0.717) is 23.3 Å².